The molecule has 0 bridgehead atoms. The first-order valence-electron chi connectivity index (χ1n) is 8.13. The Bertz CT molecular complexity index is 687. The Hall–Kier alpha value is -2.88. The van der Waals surface area contributed by atoms with Gasteiger partial charge >= 0.3 is 5.97 Å². The van der Waals surface area contributed by atoms with Gasteiger partial charge in [0.15, 0.2) is 0 Å². The highest BCUT2D eigenvalue weighted by Gasteiger charge is 2.29. The molecule has 0 radical (unpaired) electrons. The van der Waals surface area contributed by atoms with Crippen LogP contribution in [0.5, 0.6) is 0 Å². The first kappa shape index (κ1) is 18.5. The van der Waals surface area contributed by atoms with Crippen LogP contribution in [0.1, 0.15) is 19.8 Å². The average molecular weight is 345 g/mol. The smallest absolute Gasteiger partial charge is 0.309 e. The molecule has 1 amide bonds. The lowest BCUT2D eigenvalue weighted by atomic mass is 9.96. The fourth-order valence-electron chi connectivity index (χ4n) is 2.59. The summed E-state index contributed by atoms with van der Waals surface area (Å²) in [5.74, 6) is -1.19. The van der Waals surface area contributed by atoms with E-state index in [2.05, 4.69) is 5.32 Å². The Kier molecular flexibility index (Phi) is 6.52. The third kappa shape index (κ3) is 5.05. The van der Waals surface area contributed by atoms with Gasteiger partial charge in [0, 0.05) is 25.0 Å². The van der Waals surface area contributed by atoms with Crippen LogP contribution in [0.25, 0.3) is 0 Å². The summed E-state index contributed by atoms with van der Waals surface area (Å²) in [6.45, 7) is 2.90. The van der Waals surface area contributed by atoms with Gasteiger partial charge in [-0.15, -0.1) is 0 Å². The number of halogens is 1. The number of esters is 1. The van der Waals surface area contributed by atoms with E-state index in [4.69, 9.17) is 4.74 Å². The molecule has 6 nitrogen and oxygen atoms in total. The quantitative estimate of drug-likeness (QED) is 0.503. The zero-order valence-corrected chi connectivity index (χ0v) is 14.0. The monoisotopic (exact) mass is 345 g/mol. The van der Waals surface area contributed by atoms with Gasteiger partial charge in [-0.05, 0) is 44.0 Å². The largest absolute Gasteiger partial charge is 0.466 e. The minimum absolute atomic E-state index is 0.0427. The van der Waals surface area contributed by atoms with Crippen LogP contribution in [0.4, 0.5) is 10.1 Å². The number of nitrogens with one attached hydrogen (secondary N) is 1. The predicted octanol–water partition coefficient (Wildman–Crippen LogP) is 2.45. The average Bonchev–Trinajstić information content (AvgIpc) is 2.64. The minimum Gasteiger partial charge on any atom is -0.466 e. The van der Waals surface area contributed by atoms with Crippen molar-refractivity contribution in [3.05, 3.63) is 41.9 Å². The molecular weight excluding hydrogens is 325 g/mol. The van der Waals surface area contributed by atoms with Gasteiger partial charge in [-0.1, -0.05) is 0 Å². The van der Waals surface area contributed by atoms with Crippen molar-refractivity contribution in [3.8, 4) is 6.07 Å². The van der Waals surface area contributed by atoms with E-state index in [1.54, 1.807) is 11.8 Å². The second-order valence-electron chi connectivity index (χ2n) is 5.64. The van der Waals surface area contributed by atoms with Crippen molar-refractivity contribution in [1.82, 2.24) is 4.90 Å². The summed E-state index contributed by atoms with van der Waals surface area (Å²) in [7, 11) is 0. The van der Waals surface area contributed by atoms with Gasteiger partial charge in [-0.2, -0.15) is 5.26 Å². The number of benzene rings is 1. The molecule has 1 aromatic carbocycles. The van der Waals surface area contributed by atoms with Gasteiger partial charge in [0.05, 0.1) is 12.5 Å². The maximum atomic E-state index is 12.9. The summed E-state index contributed by atoms with van der Waals surface area (Å²) in [5.41, 5.74) is 0.530. The Labute approximate surface area is 145 Å². The van der Waals surface area contributed by atoms with Gasteiger partial charge in [0.2, 0.25) is 0 Å². The number of ether oxygens (including phenoxy) is 1. The first-order valence-corrected chi connectivity index (χ1v) is 8.13. The van der Waals surface area contributed by atoms with E-state index in [1.165, 1.54) is 30.5 Å². The summed E-state index contributed by atoms with van der Waals surface area (Å²) in [6.07, 6.45) is 2.36. The van der Waals surface area contributed by atoms with Crippen LogP contribution in [0.2, 0.25) is 0 Å². The second kappa shape index (κ2) is 8.83. The van der Waals surface area contributed by atoms with Crippen molar-refractivity contribution in [2.75, 3.05) is 25.0 Å². The van der Waals surface area contributed by atoms with E-state index in [1.807, 2.05) is 6.07 Å². The molecule has 25 heavy (non-hydrogen) atoms. The third-order valence-electron chi connectivity index (χ3n) is 3.98. The molecule has 0 saturated carbocycles. The first-order chi connectivity index (χ1) is 12.0. The Morgan fingerprint density at radius 1 is 1.36 bits per heavy atom. The molecule has 1 aliphatic heterocycles. The summed E-state index contributed by atoms with van der Waals surface area (Å²) in [4.78, 5) is 25.7. The molecule has 1 saturated heterocycles. The van der Waals surface area contributed by atoms with E-state index in [0.29, 0.717) is 38.2 Å². The molecule has 7 heteroatoms. The number of carbonyl (C=O) groups excluding carboxylic acids is 2. The lowest BCUT2D eigenvalue weighted by Crippen LogP contribution is -2.41. The van der Waals surface area contributed by atoms with E-state index >= 15 is 0 Å². The molecule has 132 valence electrons. The van der Waals surface area contributed by atoms with Crippen molar-refractivity contribution in [1.29, 1.82) is 5.26 Å². The fourth-order valence-corrected chi connectivity index (χ4v) is 2.59. The SMILES string of the molecule is CCOC(=O)C1CCN(C(=O)/C(C#N)=C\Nc2ccc(F)cc2)CC1. The molecule has 1 aliphatic rings. The van der Waals surface area contributed by atoms with E-state index in [-0.39, 0.29) is 29.2 Å². The number of hydrogen-bond acceptors (Lipinski definition) is 5. The summed E-state index contributed by atoms with van der Waals surface area (Å²) >= 11 is 0. The molecule has 0 aliphatic carbocycles. The Morgan fingerprint density at radius 2 is 2.00 bits per heavy atom. The molecule has 0 spiro atoms. The number of anilines is 1. The van der Waals surface area contributed by atoms with E-state index in [9.17, 15) is 19.2 Å². The highest BCUT2D eigenvalue weighted by Crippen LogP contribution is 2.20. The number of rotatable bonds is 5. The molecule has 1 fully saturated rings. The van der Waals surface area contributed by atoms with Crippen LogP contribution in [0.15, 0.2) is 36.0 Å². The molecule has 2 rings (SSSR count). The van der Waals surface area contributed by atoms with Crippen molar-refractivity contribution in [2.24, 2.45) is 5.92 Å². The number of likely N-dealkylation sites (tertiary alicyclic amines) is 1. The maximum Gasteiger partial charge on any atom is 0.309 e. The number of carbonyl (C=O) groups is 2. The highest BCUT2D eigenvalue weighted by atomic mass is 19.1. The predicted molar refractivity (Wildman–Crippen MR) is 89.7 cm³/mol. The van der Waals surface area contributed by atoms with E-state index < -0.39 is 0 Å². The summed E-state index contributed by atoms with van der Waals surface area (Å²) in [5, 5.41) is 12.0. The lowest BCUT2D eigenvalue weighted by Gasteiger charge is -2.30. The number of piperidine rings is 1. The molecule has 1 heterocycles. The van der Waals surface area contributed by atoms with Crippen LogP contribution in [0, 0.1) is 23.1 Å². The zero-order chi connectivity index (χ0) is 18.2. The summed E-state index contributed by atoms with van der Waals surface area (Å²) < 4.78 is 17.9. The molecule has 0 aromatic heterocycles. The fraction of sp³-hybridized carbons (Fsp3) is 0.389. The third-order valence-corrected chi connectivity index (χ3v) is 3.98. The van der Waals surface area contributed by atoms with Crippen LogP contribution in [0.3, 0.4) is 0 Å². The number of nitrogens with zero attached hydrogens (tertiary/aromatic N) is 2. The van der Waals surface area contributed by atoms with Gasteiger partial charge in [0.1, 0.15) is 17.5 Å². The lowest BCUT2D eigenvalue weighted by molar-refractivity contribution is -0.150. The standard InChI is InChI=1S/C18H20FN3O3/c1-2-25-18(24)13-7-9-22(10-8-13)17(23)14(11-20)12-21-16-5-3-15(19)4-6-16/h3-6,12-13,21H,2,7-10H2,1H3/b14-12-. The molecule has 1 aromatic rings. The number of nitriles is 1. The number of amides is 1. The maximum absolute atomic E-state index is 12.9. The Morgan fingerprint density at radius 3 is 2.56 bits per heavy atom. The van der Waals surface area contributed by atoms with Crippen LogP contribution >= 0.6 is 0 Å². The van der Waals surface area contributed by atoms with Gasteiger partial charge in [0.25, 0.3) is 5.91 Å². The van der Waals surface area contributed by atoms with Crippen molar-refractivity contribution < 1.29 is 18.7 Å². The van der Waals surface area contributed by atoms with Crippen molar-refractivity contribution in [2.45, 2.75) is 19.8 Å². The van der Waals surface area contributed by atoms with Gasteiger partial charge in [-0.25, -0.2) is 4.39 Å². The molecule has 0 atom stereocenters. The van der Waals surface area contributed by atoms with Gasteiger partial charge < -0.3 is 15.0 Å². The van der Waals surface area contributed by atoms with Crippen molar-refractivity contribution >= 4 is 17.6 Å². The van der Waals surface area contributed by atoms with E-state index in [0.717, 1.165) is 0 Å². The second-order valence-corrected chi connectivity index (χ2v) is 5.64. The minimum atomic E-state index is -0.389. The van der Waals surface area contributed by atoms with Gasteiger partial charge in [-0.3, -0.25) is 9.59 Å². The topological polar surface area (TPSA) is 82.4 Å². The van der Waals surface area contributed by atoms with Crippen LogP contribution < -0.4 is 5.32 Å². The van der Waals surface area contributed by atoms with Crippen LogP contribution in [-0.2, 0) is 14.3 Å². The van der Waals surface area contributed by atoms with Crippen LogP contribution in [-0.4, -0.2) is 36.5 Å². The molecular formula is C18H20FN3O3. The van der Waals surface area contributed by atoms with Crippen molar-refractivity contribution in [3.63, 3.8) is 0 Å². The molecule has 0 unspecified atom stereocenters. The molecule has 1 N–H and O–H groups in total. The highest BCUT2D eigenvalue weighted by molar-refractivity contribution is 5.97. The Balaban J connectivity index is 1.94. The normalized spacial score (nSPS) is 15.4. The number of hydrogen-bond donors (Lipinski definition) is 1. The zero-order valence-electron chi connectivity index (χ0n) is 14.0. The summed E-state index contributed by atoms with van der Waals surface area (Å²) in [6, 6.07) is 7.46.